The van der Waals surface area contributed by atoms with Gasteiger partial charge in [0.1, 0.15) is 0 Å². The minimum Gasteiger partial charge on any atom is -0.389 e. The van der Waals surface area contributed by atoms with Gasteiger partial charge in [0, 0.05) is 32.7 Å². The average Bonchev–Trinajstić information content (AvgIpc) is 2.83. The van der Waals surface area contributed by atoms with E-state index >= 15 is 0 Å². The molecule has 0 aromatic carbocycles. The maximum absolute atomic E-state index is 9.95. The molecule has 0 unspecified atom stereocenters. The second kappa shape index (κ2) is 6.69. The number of nitrogens with zero attached hydrogens (tertiary/aromatic N) is 2. The number of ether oxygens (including phenoxy) is 1. The largest absolute Gasteiger partial charge is 0.389 e. The van der Waals surface area contributed by atoms with Gasteiger partial charge in [0.15, 0.2) is 0 Å². The van der Waals surface area contributed by atoms with Gasteiger partial charge in [-0.3, -0.25) is 4.90 Å². The topological polar surface area (TPSA) is 35.9 Å². The Labute approximate surface area is 105 Å². The lowest BCUT2D eigenvalue weighted by atomic mass is 10.2. The van der Waals surface area contributed by atoms with Crippen molar-refractivity contribution in [1.29, 1.82) is 0 Å². The van der Waals surface area contributed by atoms with Crippen LogP contribution in [-0.4, -0.2) is 73.5 Å². The Morgan fingerprint density at radius 2 is 1.82 bits per heavy atom. The summed E-state index contributed by atoms with van der Waals surface area (Å²) >= 11 is 0. The Bertz CT molecular complexity index is 211. The number of aliphatic hydroxyl groups excluding tert-OH is 1. The van der Waals surface area contributed by atoms with Gasteiger partial charge in [0.2, 0.25) is 0 Å². The van der Waals surface area contributed by atoms with E-state index in [0.717, 1.165) is 32.7 Å². The fraction of sp³-hybridized carbons (Fsp3) is 1.00. The van der Waals surface area contributed by atoms with Gasteiger partial charge in [-0.15, -0.1) is 0 Å². The molecule has 1 aliphatic carbocycles. The minimum atomic E-state index is -0.320. The molecular formula is C13H26N2O2. The van der Waals surface area contributed by atoms with Gasteiger partial charge in [-0.2, -0.15) is 0 Å². The van der Waals surface area contributed by atoms with Gasteiger partial charge in [-0.1, -0.05) is 12.8 Å². The molecule has 1 saturated carbocycles. The molecule has 0 radical (unpaired) electrons. The Hall–Kier alpha value is -0.160. The third-order valence-corrected chi connectivity index (χ3v) is 3.89. The van der Waals surface area contributed by atoms with E-state index in [2.05, 4.69) is 16.8 Å². The van der Waals surface area contributed by atoms with E-state index in [1.807, 2.05) is 0 Å². The number of aliphatic hydroxyl groups is 1. The molecule has 4 nitrogen and oxygen atoms in total. The summed E-state index contributed by atoms with van der Waals surface area (Å²) in [7, 11) is 2.15. The highest BCUT2D eigenvalue weighted by molar-refractivity contribution is 4.73. The van der Waals surface area contributed by atoms with Crippen LogP contribution >= 0.6 is 0 Å². The van der Waals surface area contributed by atoms with E-state index in [4.69, 9.17) is 4.74 Å². The highest BCUT2D eigenvalue weighted by atomic mass is 16.5. The summed E-state index contributed by atoms with van der Waals surface area (Å²) in [5.41, 5.74) is 0. The molecule has 1 atom stereocenters. The molecule has 0 spiro atoms. The Morgan fingerprint density at radius 3 is 2.47 bits per heavy atom. The van der Waals surface area contributed by atoms with E-state index < -0.39 is 0 Å². The fourth-order valence-corrected chi connectivity index (χ4v) is 2.68. The first-order valence-corrected chi connectivity index (χ1v) is 6.94. The average molecular weight is 242 g/mol. The normalized spacial score (nSPS) is 26.5. The predicted octanol–water partition coefficient (Wildman–Crippen LogP) is 0.554. The Balaban J connectivity index is 1.58. The lowest BCUT2D eigenvalue weighted by Crippen LogP contribution is -2.47. The van der Waals surface area contributed by atoms with Crippen molar-refractivity contribution in [2.75, 3.05) is 46.4 Å². The van der Waals surface area contributed by atoms with E-state index in [0.29, 0.717) is 12.7 Å². The summed E-state index contributed by atoms with van der Waals surface area (Å²) in [6, 6.07) is 0. The molecule has 1 aliphatic heterocycles. The van der Waals surface area contributed by atoms with Gasteiger partial charge < -0.3 is 14.7 Å². The minimum absolute atomic E-state index is 0.320. The zero-order chi connectivity index (χ0) is 12.1. The van der Waals surface area contributed by atoms with Crippen LogP contribution in [0.4, 0.5) is 0 Å². The van der Waals surface area contributed by atoms with Gasteiger partial charge in [-0.05, 0) is 19.9 Å². The molecule has 0 bridgehead atoms. The van der Waals surface area contributed by atoms with Crippen LogP contribution in [0.25, 0.3) is 0 Å². The highest BCUT2D eigenvalue weighted by Gasteiger charge is 2.20. The standard InChI is InChI=1S/C13H26N2O2/c1-14-6-8-15(9-7-14)10-12(16)11-17-13-4-2-3-5-13/h12-13,16H,2-11H2,1H3/t12-/m1/s1. The first-order valence-electron chi connectivity index (χ1n) is 6.94. The molecule has 100 valence electrons. The number of β-amino-alcohol motifs (C(OH)–C–C–N with tert-alkyl or cyclic N) is 1. The Kier molecular flexibility index (Phi) is 5.22. The number of hydrogen-bond acceptors (Lipinski definition) is 4. The monoisotopic (exact) mass is 242 g/mol. The SMILES string of the molecule is CN1CCN(C[C@@H](O)COC2CCCC2)CC1. The highest BCUT2D eigenvalue weighted by Crippen LogP contribution is 2.20. The predicted molar refractivity (Wildman–Crippen MR) is 68.2 cm³/mol. The molecule has 17 heavy (non-hydrogen) atoms. The van der Waals surface area contributed by atoms with Crippen LogP contribution in [0.15, 0.2) is 0 Å². The molecule has 2 aliphatic rings. The number of likely N-dealkylation sites (N-methyl/N-ethyl adjacent to an activating group) is 1. The summed E-state index contributed by atoms with van der Waals surface area (Å²) in [6.07, 6.45) is 5.04. The first kappa shape index (κ1) is 13.3. The molecule has 0 aromatic rings. The van der Waals surface area contributed by atoms with E-state index in [1.165, 1.54) is 25.7 Å². The van der Waals surface area contributed by atoms with Gasteiger partial charge in [0.25, 0.3) is 0 Å². The van der Waals surface area contributed by atoms with Crippen molar-refractivity contribution < 1.29 is 9.84 Å². The molecule has 0 aromatic heterocycles. The van der Waals surface area contributed by atoms with Crippen molar-refractivity contribution in [2.45, 2.75) is 37.9 Å². The molecular weight excluding hydrogens is 216 g/mol. The molecule has 2 fully saturated rings. The van der Waals surface area contributed by atoms with Crippen LogP contribution in [0, 0.1) is 0 Å². The van der Waals surface area contributed by atoms with Crippen LogP contribution in [0.2, 0.25) is 0 Å². The van der Waals surface area contributed by atoms with Gasteiger partial charge in [0.05, 0.1) is 18.8 Å². The zero-order valence-corrected chi connectivity index (χ0v) is 11.0. The first-order chi connectivity index (χ1) is 8.24. The van der Waals surface area contributed by atoms with Crippen molar-refractivity contribution in [3.63, 3.8) is 0 Å². The van der Waals surface area contributed by atoms with Crippen LogP contribution in [-0.2, 0) is 4.74 Å². The molecule has 1 heterocycles. The van der Waals surface area contributed by atoms with Gasteiger partial charge >= 0.3 is 0 Å². The summed E-state index contributed by atoms with van der Waals surface area (Å²) in [5, 5.41) is 9.95. The lowest BCUT2D eigenvalue weighted by Gasteiger charge is -2.33. The van der Waals surface area contributed by atoms with Crippen molar-refractivity contribution in [3.05, 3.63) is 0 Å². The summed E-state index contributed by atoms with van der Waals surface area (Å²) in [5.74, 6) is 0. The fourth-order valence-electron chi connectivity index (χ4n) is 2.68. The summed E-state index contributed by atoms with van der Waals surface area (Å²) in [4.78, 5) is 4.67. The number of piperazine rings is 1. The number of rotatable bonds is 5. The summed E-state index contributed by atoms with van der Waals surface area (Å²) < 4.78 is 5.74. The van der Waals surface area contributed by atoms with Gasteiger partial charge in [-0.25, -0.2) is 0 Å². The van der Waals surface area contributed by atoms with E-state index in [9.17, 15) is 5.11 Å². The van der Waals surface area contributed by atoms with Crippen molar-refractivity contribution in [2.24, 2.45) is 0 Å². The summed E-state index contributed by atoms with van der Waals surface area (Å²) in [6.45, 7) is 5.62. The molecule has 1 N–H and O–H groups in total. The lowest BCUT2D eigenvalue weighted by molar-refractivity contribution is -0.0225. The quantitative estimate of drug-likeness (QED) is 0.764. The van der Waals surface area contributed by atoms with E-state index in [1.54, 1.807) is 0 Å². The van der Waals surface area contributed by atoms with Crippen molar-refractivity contribution >= 4 is 0 Å². The molecule has 4 heteroatoms. The third kappa shape index (κ3) is 4.54. The smallest absolute Gasteiger partial charge is 0.0900 e. The van der Waals surface area contributed by atoms with Crippen LogP contribution in [0.5, 0.6) is 0 Å². The van der Waals surface area contributed by atoms with Crippen molar-refractivity contribution in [1.82, 2.24) is 9.80 Å². The molecule has 1 saturated heterocycles. The van der Waals surface area contributed by atoms with Crippen LogP contribution in [0.3, 0.4) is 0 Å². The third-order valence-electron chi connectivity index (χ3n) is 3.89. The maximum Gasteiger partial charge on any atom is 0.0900 e. The van der Waals surface area contributed by atoms with Crippen LogP contribution in [0.1, 0.15) is 25.7 Å². The molecule has 2 rings (SSSR count). The maximum atomic E-state index is 9.95. The Morgan fingerprint density at radius 1 is 1.18 bits per heavy atom. The van der Waals surface area contributed by atoms with Crippen molar-refractivity contribution in [3.8, 4) is 0 Å². The van der Waals surface area contributed by atoms with E-state index in [-0.39, 0.29) is 6.10 Å². The second-order valence-electron chi connectivity index (χ2n) is 5.50. The van der Waals surface area contributed by atoms with Crippen LogP contribution < -0.4 is 0 Å². The zero-order valence-electron chi connectivity index (χ0n) is 11.0. The number of hydrogen-bond donors (Lipinski definition) is 1. The molecule has 0 amide bonds. The second-order valence-corrected chi connectivity index (χ2v) is 5.50.